The Hall–Kier alpha value is 0.326. The topological polar surface area (TPSA) is 37.3 Å². The van der Waals surface area contributed by atoms with E-state index in [2.05, 4.69) is 0 Å². The van der Waals surface area contributed by atoms with E-state index in [1.165, 1.54) is 6.07 Å². The van der Waals surface area contributed by atoms with Gasteiger partial charge in [-0.25, -0.2) is 0 Å². The minimum atomic E-state index is 0. The van der Waals surface area contributed by atoms with Gasteiger partial charge in [0, 0.05) is 0 Å². The fourth-order valence-corrected chi connectivity index (χ4v) is 0.587. The summed E-state index contributed by atoms with van der Waals surface area (Å²) >= 11 is 0. The van der Waals surface area contributed by atoms with Crippen molar-refractivity contribution in [3.05, 3.63) is 29.8 Å². The molecular weight excluding hydrogens is 155 g/mol. The van der Waals surface area contributed by atoms with E-state index in [0.717, 1.165) is 0 Å². The molecule has 0 aromatic heterocycles. The van der Waals surface area contributed by atoms with Crippen molar-refractivity contribution in [3.63, 3.8) is 0 Å². The number of aromatic hydroxyl groups is 1. The maximum atomic E-state index is 10.1. The van der Waals surface area contributed by atoms with Gasteiger partial charge in [0.05, 0.1) is 5.56 Å². The average Bonchev–Trinajstić information content (AvgIpc) is 1.89. The second kappa shape index (κ2) is 5.04. The molecule has 1 N–H and O–H groups in total. The molecule has 0 radical (unpaired) electrons. The van der Waals surface area contributed by atoms with Gasteiger partial charge in [0.2, 0.25) is 0 Å². The Balaban J connectivity index is 0.000000810. The van der Waals surface area contributed by atoms with Gasteiger partial charge in [0.25, 0.3) is 0 Å². The summed E-state index contributed by atoms with van der Waals surface area (Å²) in [7, 11) is 0. The summed E-state index contributed by atoms with van der Waals surface area (Å²) in [6.45, 7) is 0. The summed E-state index contributed by atoms with van der Waals surface area (Å²) in [6, 6.07) is 6.40. The molecule has 3 heteroatoms. The molecule has 0 spiro atoms. The first-order valence-electron chi connectivity index (χ1n) is 2.58. The van der Waals surface area contributed by atoms with Crippen LogP contribution in [0.3, 0.4) is 0 Å². The first-order chi connectivity index (χ1) is 4.34. The van der Waals surface area contributed by atoms with Crippen LogP contribution in [0, 0.1) is 0 Å². The number of rotatable bonds is 1. The molecule has 0 amide bonds. The maximum absolute atomic E-state index is 10.1. The van der Waals surface area contributed by atoms with Crippen LogP contribution in [-0.2, 0) is 0 Å². The predicted molar refractivity (Wildman–Crippen MR) is 40.6 cm³/mol. The molecule has 0 bridgehead atoms. The zero-order valence-corrected chi connectivity index (χ0v) is 4.74. The van der Waals surface area contributed by atoms with Crippen molar-refractivity contribution in [1.82, 2.24) is 0 Å². The van der Waals surface area contributed by atoms with Crippen LogP contribution in [0.25, 0.3) is 0 Å². The average molecular weight is 162 g/mol. The van der Waals surface area contributed by atoms with Crippen LogP contribution in [0.15, 0.2) is 24.3 Å². The number of benzene rings is 1. The van der Waals surface area contributed by atoms with Gasteiger partial charge >= 0.3 is 51.4 Å². The Morgan fingerprint density at radius 2 is 1.90 bits per heavy atom. The van der Waals surface area contributed by atoms with Crippen LogP contribution in [0.5, 0.6) is 5.75 Å². The van der Waals surface area contributed by atoms with Crippen molar-refractivity contribution in [3.8, 4) is 5.75 Å². The first kappa shape index (κ1) is 10.3. The van der Waals surface area contributed by atoms with E-state index in [1.54, 1.807) is 18.2 Å². The van der Waals surface area contributed by atoms with Crippen molar-refractivity contribution in [2.45, 2.75) is 0 Å². The van der Waals surface area contributed by atoms with Crippen LogP contribution >= 0.6 is 0 Å². The Morgan fingerprint density at radius 3 is 2.30 bits per heavy atom. The molecule has 0 aliphatic carbocycles. The molecule has 0 heterocycles. The van der Waals surface area contributed by atoms with Crippen molar-refractivity contribution in [2.75, 3.05) is 0 Å². The van der Waals surface area contributed by atoms with Gasteiger partial charge in [0.15, 0.2) is 6.29 Å². The molecule has 1 aromatic carbocycles. The molecule has 0 saturated carbocycles. The number of carbonyl (C=O) groups is 1. The van der Waals surface area contributed by atoms with Crippen LogP contribution in [0.4, 0.5) is 0 Å². The number of carbonyl (C=O) groups excluding carboxylic acids is 1. The molecular formula is C7H7KO2. The standard InChI is InChI=1S/C7H6O2.K.H/c8-5-6-3-1-2-4-7(6)9;;/h1-5,9H;;. The summed E-state index contributed by atoms with van der Waals surface area (Å²) in [5.74, 6) is 0.0347. The van der Waals surface area contributed by atoms with Crippen molar-refractivity contribution < 1.29 is 9.90 Å². The van der Waals surface area contributed by atoms with E-state index in [0.29, 0.717) is 11.8 Å². The van der Waals surface area contributed by atoms with Gasteiger partial charge in [-0.15, -0.1) is 0 Å². The molecule has 0 atom stereocenters. The van der Waals surface area contributed by atoms with Gasteiger partial charge in [-0.3, -0.25) is 4.79 Å². The van der Waals surface area contributed by atoms with Gasteiger partial charge in [-0.05, 0) is 12.1 Å². The Kier molecular flexibility index (Phi) is 5.20. The summed E-state index contributed by atoms with van der Waals surface area (Å²) in [6.07, 6.45) is 0.620. The quantitative estimate of drug-likeness (QED) is 0.484. The fraction of sp³-hybridized carbons (Fsp3) is 0. The second-order valence-corrected chi connectivity index (χ2v) is 1.68. The number of hydrogen-bond donors (Lipinski definition) is 1. The SMILES string of the molecule is O=Cc1ccccc1O.[KH]. The molecule has 1 aromatic rings. The molecule has 0 aliphatic heterocycles. The molecule has 0 fully saturated rings. The first-order valence-corrected chi connectivity index (χ1v) is 2.58. The molecule has 2 nitrogen and oxygen atoms in total. The van der Waals surface area contributed by atoms with E-state index in [4.69, 9.17) is 5.11 Å². The van der Waals surface area contributed by atoms with Crippen LogP contribution in [-0.4, -0.2) is 62.8 Å². The minimum absolute atomic E-state index is 0. The van der Waals surface area contributed by atoms with Gasteiger partial charge in [-0.2, -0.15) is 0 Å². The van der Waals surface area contributed by atoms with Crippen molar-refractivity contribution in [1.29, 1.82) is 0 Å². The third-order valence-corrected chi connectivity index (χ3v) is 1.06. The van der Waals surface area contributed by atoms with Crippen molar-refractivity contribution >= 4 is 57.7 Å². The third-order valence-electron chi connectivity index (χ3n) is 1.06. The second-order valence-electron chi connectivity index (χ2n) is 1.68. The van der Waals surface area contributed by atoms with E-state index < -0.39 is 0 Å². The Morgan fingerprint density at radius 1 is 1.30 bits per heavy atom. The zero-order valence-electron chi connectivity index (χ0n) is 4.74. The fourth-order valence-electron chi connectivity index (χ4n) is 0.587. The monoisotopic (exact) mass is 162 g/mol. The number of hydrogen-bond acceptors (Lipinski definition) is 2. The van der Waals surface area contributed by atoms with Gasteiger partial charge in [0.1, 0.15) is 5.75 Å². The van der Waals surface area contributed by atoms with Crippen LogP contribution < -0.4 is 0 Å². The van der Waals surface area contributed by atoms with E-state index >= 15 is 0 Å². The van der Waals surface area contributed by atoms with Crippen molar-refractivity contribution in [2.24, 2.45) is 0 Å². The molecule has 1 rings (SSSR count). The van der Waals surface area contributed by atoms with Crippen LogP contribution in [0.1, 0.15) is 10.4 Å². The predicted octanol–water partition coefficient (Wildman–Crippen LogP) is 0.556. The summed E-state index contributed by atoms with van der Waals surface area (Å²) < 4.78 is 0. The van der Waals surface area contributed by atoms with Crippen LogP contribution in [0.2, 0.25) is 0 Å². The molecule has 48 valence electrons. The summed E-state index contributed by atoms with van der Waals surface area (Å²) in [5.41, 5.74) is 0.331. The van der Waals surface area contributed by atoms with Gasteiger partial charge < -0.3 is 5.11 Å². The van der Waals surface area contributed by atoms with E-state index in [1.807, 2.05) is 0 Å². The zero-order chi connectivity index (χ0) is 6.69. The number of phenolic OH excluding ortho intramolecular Hbond substituents is 1. The van der Waals surface area contributed by atoms with Gasteiger partial charge in [-0.1, -0.05) is 12.1 Å². The third kappa shape index (κ3) is 2.52. The number of para-hydroxylation sites is 1. The molecule has 10 heavy (non-hydrogen) atoms. The molecule has 0 unspecified atom stereocenters. The Labute approximate surface area is 102 Å². The number of aldehydes is 1. The summed E-state index contributed by atoms with van der Waals surface area (Å²) in [5, 5.41) is 8.88. The Bertz CT molecular complexity index is 223. The summed E-state index contributed by atoms with van der Waals surface area (Å²) in [4.78, 5) is 10.1. The van der Waals surface area contributed by atoms with E-state index in [-0.39, 0.29) is 57.1 Å². The number of phenols is 1. The normalized spacial score (nSPS) is 8.00. The molecule has 0 saturated heterocycles. The van der Waals surface area contributed by atoms with E-state index in [9.17, 15) is 4.79 Å². The molecule has 0 aliphatic rings.